The number of carbonyl (C=O) groups excluding carboxylic acids is 1. The van der Waals surface area contributed by atoms with Gasteiger partial charge < -0.3 is 14.5 Å². The average Bonchev–Trinajstić information content (AvgIpc) is 2.70. The molecule has 0 unspecified atom stereocenters. The summed E-state index contributed by atoms with van der Waals surface area (Å²) in [5, 5.41) is 9.12. The quantitative estimate of drug-likeness (QED) is 0.797. The SMILES string of the molecule is N#CN1CCN2CCN(c3ccc(Oc4ccccc4)cc3)C(=O)[C@H]2C1. The minimum atomic E-state index is -0.239. The van der Waals surface area contributed by atoms with Crippen molar-refractivity contribution in [3.63, 3.8) is 0 Å². The van der Waals surface area contributed by atoms with Crippen LogP contribution in [0.4, 0.5) is 5.69 Å². The lowest BCUT2D eigenvalue weighted by molar-refractivity contribution is -0.127. The standard InChI is InChI=1S/C20H20N4O2/c21-15-22-10-11-23-12-13-24(20(25)19(23)14-22)16-6-8-18(9-7-16)26-17-4-2-1-3-5-17/h1-9,19H,10-14H2/t19-/m1/s1. The number of nitrogens with zero attached hydrogens (tertiary/aromatic N) is 4. The molecule has 0 saturated carbocycles. The van der Waals surface area contributed by atoms with Crippen LogP contribution in [0.3, 0.4) is 0 Å². The second kappa shape index (κ2) is 7.06. The Bertz CT molecular complexity index is 816. The van der Waals surface area contributed by atoms with E-state index < -0.39 is 0 Å². The number of hydrogen-bond donors (Lipinski definition) is 0. The minimum absolute atomic E-state index is 0.0629. The maximum Gasteiger partial charge on any atom is 0.246 e. The van der Waals surface area contributed by atoms with Gasteiger partial charge >= 0.3 is 0 Å². The summed E-state index contributed by atoms with van der Waals surface area (Å²) in [7, 11) is 0. The highest BCUT2D eigenvalue weighted by Gasteiger charge is 2.38. The van der Waals surface area contributed by atoms with Crippen molar-refractivity contribution in [1.29, 1.82) is 5.26 Å². The Labute approximate surface area is 152 Å². The van der Waals surface area contributed by atoms with E-state index in [4.69, 9.17) is 10.00 Å². The topological polar surface area (TPSA) is 59.8 Å². The molecule has 4 rings (SSSR count). The van der Waals surface area contributed by atoms with Gasteiger partial charge in [0.05, 0.1) is 6.54 Å². The molecule has 2 heterocycles. The number of fused-ring (bicyclic) bond motifs is 1. The van der Waals surface area contributed by atoms with E-state index >= 15 is 0 Å². The van der Waals surface area contributed by atoms with Crippen LogP contribution < -0.4 is 9.64 Å². The molecule has 2 aliphatic heterocycles. The molecule has 2 fully saturated rings. The van der Waals surface area contributed by atoms with E-state index in [2.05, 4.69) is 11.1 Å². The second-order valence-electron chi connectivity index (χ2n) is 6.50. The van der Waals surface area contributed by atoms with Gasteiger partial charge in [0.25, 0.3) is 0 Å². The summed E-state index contributed by atoms with van der Waals surface area (Å²) >= 11 is 0. The maximum atomic E-state index is 12.9. The molecular weight excluding hydrogens is 328 g/mol. The third-order valence-electron chi connectivity index (χ3n) is 4.92. The van der Waals surface area contributed by atoms with E-state index in [0.717, 1.165) is 30.3 Å². The summed E-state index contributed by atoms with van der Waals surface area (Å²) in [4.78, 5) is 18.6. The molecule has 132 valence electrons. The second-order valence-corrected chi connectivity index (χ2v) is 6.50. The molecule has 0 radical (unpaired) electrons. The van der Waals surface area contributed by atoms with Crippen molar-refractivity contribution in [2.24, 2.45) is 0 Å². The molecule has 2 aliphatic rings. The minimum Gasteiger partial charge on any atom is -0.457 e. The number of hydrogen-bond acceptors (Lipinski definition) is 5. The number of piperazine rings is 2. The van der Waals surface area contributed by atoms with Gasteiger partial charge in [-0.15, -0.1) is 0 Å². The normalized spacial score (nSPS) is 20.4. The Morgan fingerprint density at radius 1 is 0.923 bits per heavy atom. The number of carbonyl (C=O) groups is 1. The zero-order valence-corrected chi connectivity index (χ0v) is 14.4. The molecule has 1 atom stereocenters. The van der Waals surface area contributed by atoms with E-state index in [1.807, 2.05) is 59.5 Å². The third-order valence-corrected chi connectivity index (χ3v) is 4.92. The van der Waals surface area contributed by atoms with Gasteiger partial charge in [-0.25, -0.2) is 0 Å². The number of anilines is 1. The molecule has 6 nitrogen and oxygen atoms in total. The van der Waals surface area contributed by atoms with Crippen LogP contribution in [0.2, 0.25) is 0 Å². The van der Waals surface area contributed by atoms with Crippen LogP contribution in [0.15, 0.2) is 54.6 Å². The fourth-order valence-corrected chi connectivity index (χ4v) is 3.51. The van der Waals surface area contributed by atoms with Crippen molar-refractivity contribution in [2.45, 2.75) is 6.04 Å². The van der Waals surface area contributed by atoms with Crippen molar-refractivity contribution in [3.05, 3.63) is 54.6 Å². The van der Waals surface area contributed by atoms with Gasteiger partial charge in [-0.1, -0.05) is 18.2 Å². The van der Waals surface area contributed by atoms with Gasteiger partial charge in [0.2, 0.25) is 5.91 Å². The molecule has 0 bridgehead atoms. The van der Waals surface area contributed by atoms with Crippen molar-refractivity contribution >= 4 is 11.6 Å². The van der Waals surface area contributed by atoms with E-state index in [0.29, 0.717) is 19.6 Å². The smallest absolute Gasteiger partial charge is 0.246 e. The fourth-order valence-electron chi connectivity index (χ4n) is 3.51. The Hall–Kier alpha value is -3.04. The van der Waals surface area contributed by atoms with E-state index in [1.54, 1.807) is 4.90 Å². The van der Waals surface area contributed by atoms with Crippen LogP contribution in [0.5, 0.6) is 11.5 Å². The lowest BCUT2D eigenvalue weighted by Crippen LogP contribution is -2.64. The van der Waals surface area contributed by atoms with Crippen LogP contribution in [0.1, 0.15) is 0 Å². The van der Waals surface area contributed by atoms with E-state index in [-0.39, 0.29) is 11.9 Å². The predicted molar refractivity (Wildman–Crippen MR) is 97.9 cm³/mol. The Morgan fingerprint density at radius 3 is 2.35 bits per heavy atom. The maximum absolute atomic E-state index is 12.9. The average molecular weight is 348 g/mol. The first-order valence-corrected chi connectivity index (χ1v) is 8.78. The van der Waals surface area contributed by atoms with Crippen LogP contribution in [-0.4, -0.2) is 54.5 Å². The van der Waals surface area contributed by atoms with Crippen molar-refractivity contribution in [1.82, 2.24) is 9.80 Å². The fraction of sp³-hybridized carbons (Fsp3) is 0.300. The number of rotatable bonds is 3. The third kappa shape index (κ3) is 3.22. The van der Waals surface area contributed by atoms with Gasteiger partial charge in [-0.05, 0) is 36.4 Å². The van der Waals surface area contributed by atoms with Crippen LogP contribution in [0, 0.1) is 11.5 Å². The number of benzene rings is 2. The monoisotopic (exact) mass is 348 g/mol. The number of nitriles is 1. The largest absolute Gasteiger partial charge is 0.457 e. The molecule has 0 N–H and O–H groups in total. The highest BCUT2D eigenvalue weighted by atomic mass is 16.5. The van der Waals surface area contributed by atoms with Gasteiger partial charge in [-0.2, -0.15) is 5.26 Å². The molecule has 0 spiro atoms. The van der Waals surface area contributed by atoms with Gasteiger partial charge in [0, 0.05) is 31.9 Å². The van der Waals surface area contributed by atoms with Crippen molar-refractivity contribution < 1.29 is 9.53 Å². The summed E-state index contributed by atoms with van der Waals surface area (Å²) in [5.41, 5.74) is 0.865. The Kier molecular flexibility index (Phi) is 4.46. The molecule has 2 aromatic carbocycles. The predicted octanol–water partition coefficient (Wildman–Crippen LogP) is 2.29. The number of para-hydroxylation sites is 1. The molecular formula is C20H20N4O2. The summed E-state index contributed by atoms with van der Waals surface area (Å²) in [6.45, 7) is 3.44. The molecule has 0 aromatic heterocycles. The number of amides is 1. The number of ether oxygens (including phenoxy) is 1. The Balaban J connectivity index is 1.47. The molecule has 1 amide bonds. The summed E-state index contributed by atoms with van der Waals surface area (Å²) in [6, 6.07) is 17.0. The first kappa shape index (κ1) is 16.4. The van der Waals surface area contributed by atoms with Gasteiger partial charge in [0.15, 0.2) is 6.19 Å². The van der Waals surface area contributed by atoms with Crippen LogP contribution >= 0.6 is 0 Å². The summed E-state index contributed by atoms with van der Waals surface area (Å²) in [5.74, 6) is 1.58. The van der Waals surface area contributed by atoms with Crippen molar-refractivity contribution in [2.75, 3.05) is 37.6 Å². The highest BCUT2D eigenvalue weighted by Crippen LogP contribution is 2.27. The van der Waals surface area contributed by atoms with Crippen molar-refractivity contribution in [3.8, 4) is 17.7 Å². The van der Waals surface area contributed by atoms with E-state index in [9.17, 15) is 4.79 Å². The molecule has 26 heavy (non-hydrogen) atoms. The first-order chi connectivity index (χ1) is 12.7. The van der Waals surface area contributed by atoms with Crippen LogP contribution in [-0.2, 0) is 4.79 Å². The van der Waals surface area contributed by atoms with Gasteiger partial charge in [0.1, 0.15) is 17.5 Å². The zero-order valence-electron chi connectivity index (χ0n) is 14.4. The molecule has 2 saturated heterocycles. The van der Waals surface area contributed by atoms with Crippen LogP contribution in [0.25, 0.3) is 0 Å². The lowest BCUT2D eigenvalue weighted by Gasteiger charge is -2.45. The Morgan fingerprint density at radius 2 is 1.62 bits per heavy atom. The molecule has 6 heteroatoms. The molecule has 2 aromatic rings. The molecule has 0 aliphatic carbocycles. The lowest BCUT2D eigenvalue weighted by atomic mass is 10.1. The summed E-state index contributed by atoms with van der Waals surface area (Å²) in [6.07, 6.45) is 2.16. The van der Waals surface area contributed by atoms with Gasteiger partial charge in [-0.3, -0.25) is 9.69 Å². The highest BCUT2D eigenvalue weighted by molar-refractivity contribution is 5.98. The summed E-state index contributed by atoms with van der Waals surface area (Å²) < 4.78 is 5.81. The zero-order chi connectivity index (χ0) is 17.9. The van der Waals surface area contributed by atoms with E-state index in [1.165, 1.54) is 0 Å². The first-order valence-electron chi connectivity index (χ1n) is 8.78.